The Morgan fingerprint density at radius 3 is 2.37 bits per heavy atom. The molecule has 0 unspecified atom stereocenters. The lowest BCUT2D eigenvalue weighted by Crippen LogP contribution is -2.47. The molecule has 0 spiro atoms. The Morgan fingerprint density at radius 1 is 1.15 bits per heavy atom. The van der Waals surface area contributed by atoms with E-state index in [1.54, 1.807) is 0 Å². The van der Waals surface area contributed by atoms with Gasteiger partial charge in [0.1, 0.15) is 11.6 Å². The minimum absolute atomic E-state index is 0.00525. The summed E-state index contributed by atoms with van der Waals surface area (Å²) in [6.45, 7) is 1.48. The van der Waals surface area contributed by atoms with Gasteiger partial charge in [-0.1, -0.05) is 0 Å². The van der Waals surface area contributed by atoms with Crippen LogP contribution in [-0.4, -0.2) is 28.6 Å². The van der Waals surface area contributed by atoms with Crippen molar-refractivity contribution in [3.63, 3.8) is 0 Å². The highest BCUT2D eigenvalue weighted by Gasteiger charge is 2.15. The van der Waals surface area contributed by atoms with Crippen molar-refractivity contribution in [2.45, 2.75) is 17.9 Å². The standard InChI is InChI=1S/C17H16FN3O5S/c1-11(26-14-6-2-12(18)3-7-14)17(23)20-19-16(22)10-27-15-8-4-13(5-9-15)21(24)25/h2-9,11H,10H2,1H3,(H,19,22)(H,20,23)/t11-/m1/s1. The number of non-ortho nitro benzene ring substituents is 1. The van der Waals surface area contributed by atoms with Crippen LogP contribution in [0, 0.1) is 15.9 Å². The molecule has 8 nitrogen and oxygen atoms in total. The number of hydrogen-bond acceptors (Lipinski definition) is 6. The number of benzene rings is 2. The van der Waals surface area contributed by atoms with Gasteiger partial charge < -0.3 is 4.74 Å². The van der Waals surface area contributed by atoms with E-state index in [2.05, 4.69) is 10.9 Å². The molecule has 0 heterocycles. The molecule has 2 aromatic rings. The Labute approximate surface area is 158 Å². The normalized spacial score (nSPS) is 11.3. The van der Waals surface area contributed by atoms with Crippen LogP contribution in [0.15, 0.2) is 53.4 Å². The molecule has 0 bridgehead atoms. The zero-order valence-electron chi connectivity index (χ0n) is 14.2. The van der Waals surface area contributed by atoms with Gasteiger partial charge in [-0.2, -0.15) is 0 Å². The molecule has 0 aliphatic heterocycles. The zero-order chi connectivity index (χ0) is 19.8. The third-order valence-electron chi connectivity index (χ3n) is 3.24. The molecule has 0 aromatic heterocycles. The second-order valence-corrected chi connectivity index (χ2v) is 6.34. The fourth-order valence-electron chi connectivity index (χ4n) is 1.85. The number of amides is 2. The predicted molar refractivity (Wildman–Crippen MR) is 96.6 cm³/mol. The number of hydrazine groups is 1. The molecule has 0 saturated carbocycles. The summed E-state index contributed by atoms with van der Waals surface area (Å²) in [6.07, 6.45) is -0.905. The number of hydrogen-bond donors (Lipinski definition) is 2. The average Bonchev–Trinajstić information content (AvgIpc) is 2.66. The van der Waals surface area contributed by atoms with Crippen LogP contribution in [0.1, 0.15) is 6.92 Å². The predicted octanol–water partition coefficient (Wildman–Crippen LogP) is 2.44. The smallest absolute Gasteiger partial charge is 0.279 e. The van der Waals surface area contributed by atoms with E-state index in [-0.39, 0.29) is 11.4 Å². The lowest BCUT2D eigenvalue weighted by atomic mass is 10.3. The number of carbonyl (C=O) groups is 2. The molecule has 1 atom stereocenters. The SMILES string of the molecule is C[C@@H](Oc1ccc(F)cc1)C(=O)NNC(=O)CSc1ccc([N+](=O)[O-])cc1. The summed E-state index contributed by atoms with van der Waals surface area (Å²) in [5.74, 6) is -1.13. The van der Waals surface area contributed by atoms with Crippen molar-refractivity contribution >= 4 is 29.3 Å². The van der Waals surface area contributed by atoms with Gasteiger partial charge in [-0.05, 0) is 43.3 Å². The number of carbonyl (C=O) groups excluding carboxylic acids is 2. The monoisotopic (exact) mass is 393 g/mol. The summed E-state index contributed by atoms with van der Waals surface area (Å²) in [7, 11) is 0. The Bertz CT molecular complexity index is 814. The van der Waals surface area contributed by atoms with Gasteiger partial charge in [0.05, 0.1) is 10.7 Å². The van der Waals surface area contributed by atoms with E-state index >= 15 is 0 Å². The first-order valence-electron chi connectivity index (χ1n) is 7.73. The summed E-state index contributed by atoms with van der Waals surface area (Å²) in [5.41, 5.74) is 4.45. The van der Waals surface area contributed by atoms with Gasteiger partial charge in [-0.25, -0.2) is 4.39 Å². The van der Waals surface area contributed by atoms with Crippen LogP contribution in [0.4, 0.5) is 10.1 Å². The van der Waals surface area contributed by atoms with E-state index < -0.39 is 28.7 Å². The van der Waals surface area contributed by atoms with E-state index in [1.807, 2.05) is 0 Å². The topological polar surface area (TPSA) is 111 Å². The molecule has 0 fully saturated rings. The van der Waals surface area contributed by atoms with E-state index in [0.29, 0.717) is 10.6 Å². The van der Waals surface area contributed by atoms with Crippen LogP contribution in [0.25, 0.3) is 0 Å². The van der Waals surface area contributed by atoms with Crippen molar-refractivity contribution in [2.24, 2.45) is 0 Å². The van der Waals surface area contributed by atoms with Crippen LogP contribution >= 0.6 is 11.8 Å². The first kappa shape index (κ1) is 20.2. The molecule has 2 N–H and O–H groups in total. The van der Waals surface area contributed by atoms with Crippen molar-refractivity contribution in [1.29, 1.82) is 0 Å². The third-order valence-corrected chi connectivity index (χ3v) is 4.25. The molecule has 2 amide bonds. The van der Waals surface area contributed by atoms with Crippen molar-refractivity contribution in [3.05, 3.63) is 64.5 Å². The second kappa shape index (κ2) is 9.53. The Hall–Kier alpha value is -3.14. The van der Waals surface area contributed by atoms with E-state index in [0.717, 1.165) is 11.8 Å². The van der Waals surface area contributed by atoms with Gasteiger partial charge in [0, 0.05) is 17.0 Å². The van der Waals surface area contributed by atoms with Crippen LogP contribution in [-0.2, 0) is 9.59 Å². The van der Waals surface area contributed by atoms with Gasteiger partial charge >= 0.3 is 0 Å². The summed E-state index contributed by atoms with van der Waals surface area (Å²) in [4.78, 5) is 34.4. The molecular formula is C17H16FN3O5S. The Balaban J connectivity index is 1.73. The summed E-state index contributed by atoms with van der Waals surface area (Å²) >= 11 is 1.16. The van der Waals surface area contributed by atoms with E-state index in [4.69, 9.17) is 4.74 Å². The molecule has 2 aromatic carbocycles. The fourth-order valence-corrected chi connectivity index (χ4v) is 2.55. The maximum absolute atomic E-state index is 12.8. The zero-order valence-corrected chi connectivity index (χ0v) is 15.0. The lowest BCUT2D eigenvalue weighted by Gasteiger charge is -2.15. The van der Waals surface area contributed by atoms with Crippen molar-refractivity contribution in [1.82, 2.24) is 10.9 Å². The summed E-state index contributed by atoms with van der Waals surface area (Å²) in [6, 6.07) is 10.9. The van der Waals surface area contributed by atoms with Crippen LogP contribution in [0.2, 0.25) is 0 Å². The summed E-state index contributed by atoms with van der Waals surface area (Å²) < 4.78 is 18.2. The Kier molecular flexibility index (Phi) is 7.12. The van der Waals surface area contributed by atoms with Gasteiger partial charge in [-0.15, -0.1) is 11.8 Å². The molecule has 0 aliphatic rings. The maximum atomic E-state index is 12.8. The largest absolute Gasteiger partial charge is 0.481 e. The molecule has 2 rings (SSSR count). The van der Waals surface area contributed by atoms with Crippen molar-refractivity contribution < 1.29 is 23.6 Å². The average molecular weight is 393 g/mol. The molecule has 0 radical (unpaired) electrons. The molecular weight excluding hydrogens is 377 g/mol. The van der Waals surface area contributed by atoms with Gasteiger partial charge in [0.2, 0.25) is 5.91 Å². The number of nitro benzene ring substituents is 1. The quantitative estimate of drug-likeness (QED) is 0.425. The molecule has 0 saturated heterocycles. The highest BCUT2D eigenvalue weighted by atomic mass is 32.2. The number of nitrogens with one attached hydrogen (secondary N) is 2. The number of halogens is 1. The van der Waals surface area contributed by atoms with E-state index in [9.17, 15) is 24.1 Å². The minimum Gasteiger partial charge on any atom is -0.481 e. The first-order valence-corrected chi connectivity index (χ1v) is 8.72. The number of thioether (sulfide) groups is 1. The number of rotatable bonds is 7. The second-order valence-electron chi connectivity index (χ2n) is 5.29. The fraction of sp³-hybridized carbons (Fsp3) is 0.176. The third kappa shape index (κ3) is 6.59. The Morgan fingerprint density at radius 2 is 1.78 bits per heavy atom. The van der Waals surface area contributed by atoms with Gasteiger partial charge in [0.15, 0.2) is 6.10 Å². The highest BCUT2D eigenvalue weighted by molar-refractivity contribution is 8.00. The first-order chi connectivity index (χ1) is 12.8. The van der Waals surface area contributed by atoms with Crippen molar-refractivity contribution in [2.75, 3.05) is 5.75 Å². The number of ether oxygens (including phenoxy) is 1. The van der Waals surface area contributed by atoms with Crippen LogP contribution < -0.4 is 15.6 Å². The van der Waals surface area contributed by atoms with Crippen molar-refractivity contribution in [3.8, 4) is 5.75 Å². The molecule has 10 heteroatoms. The maximum Gasteiger partial charge on any atom is 0.279 e. The number of nitro groups is 1. The lowest BCUT2D eigenvalue weighted by molar-refractivity contribution is -0.384. The van der Waals surface area contributed by atoms with Gasteiger partial charge in [-0.3, -0.25) is 30.6 Å². The highest BCUT2D eigenvalue weighted by Crippen LogP contribution is 2.21. The molecule has 0 aliphatic carbocycles. The molecule has 142 valence electrons. The summed E-state index contributed by atoms with van der Waals surface area (Å²) in [5, 5.41) is 10.6. The van der Waals surface area contributed by atoms with Crippen LogP contribution in [0.5, 0.6) is 5.75 Å². The minimum atomic E-state index is -0.905. The van der Waals surface area contributed by atoms with Crippen LogP contribution in [0.3, 0.4) is 0 Å². The molecule has 27 heavy (non-hydrogen) atoms. The van der Waals surface area contributed by atoms with Gasteiger partial charge in [0.25, 0.3) is 11.6 Å². The number of nitrogens with zero attached hydrogens (tertiary/aromatic N) is 1. The van der Waals surface area contributed by atoms with E-state index in [1.165, 1.54) is 55.5 Å².